The van der Waals surface area contributed by atoms with Crippen LogP contribution in [-0.2, 0) is 11.4 Å². The van der Waals surface area contributed by atoms with E-state index in [1.165, 1.54) is 49.6 Å². The molecule has 3 aromatic rings. The molecule has 0 saturated heterocycles. The number of hydrogen-bond donors (Lipinski definition) is 1. The van der Waals surface area contributed by atoms with E-state index in [9.17, 15) is 18.8 Å². The zero-order valence-electron chi connectivity index (χ0n) is 16.9. The minimum atomic E-state index is -0.785. The van der Waals surface area contributed by atoms with Gasteiger partial charge in [-0.3, -0.25) is 4.79 Å². The summed E-state index contributed by atoms with van der Waals surface area (Å²) < 4.78 is 38.6. The van der Waals surface area contributed by atoms with Crippen molar-refractivity contribution in [1.82, 2.24) is 0 Å². The molecule has 5 nitrogen and oxygen atoms in total. The van der Waals surface area contributed by atoms with Crippen molar-refractivity contribution in [3.63, 3.8) is 0 Å². The van der Waals surface area contributed by atoms with Crippen molar-refractivity contribution in [3.05, 3.63) is 94.0 Å². The molecule has 32 heavy (non-hydrogen) atoms. The molecule has 0 radical (unpaired) electrons. The van der Waals surface area contributed by atoms with E-state index in [4.69, 9.17) is 21.1 Å². The molecule has 0 aliphatic rings. The van der Waals surface area contributed by atoms with E-state index in [0.29, 0.717) is 11.1 Å². The van der Waals surface area contributed by atoms with Crippen LogP contribution in [0, 0.1) is 23.0 Å². The molecule has 8 heteroatoms. The first-order valence-corrected chi connectivity index (χ1v) is 9.72. The van der Waals surface area contributed by atoms with Crippen LogP contribution in [0.2, 0.25) is 5.02 Å². The highest BCUT2D eigenvalue weighted by Gasteiger charge is 2.16. The fourth-order valence-electron chi connectivity index (χ4n) is 2.80. The van der Waals surface area contributed by atoms with Gasteiger partial charge >= 0.3 is 0 Å². The Hall–Kier alpha value is -3.89. The Morgan fingerprint density at radius 3 is 2.47 bits per heavy atom. The van der Waals surface area contributed by atoms with E-state index in [-0.39, 0.29) is 34.4 Å². The van der Waals surface area contributed by atoms with Gasteiger partial charge in [0.25, 0.3) is 5.91 Å². The van der Waals surface area contributed by atoms with Gasteiger partial charge in [0.15, 0.2) is 11.5 Å². The lowest BCUT2D eigenvalue weighted by molar-refractivity contribution is -0.112. The lowest BCUT2D eigenvalue weighted by atomic mass is 10.1. The number of nitriles is 1. The third kappa shape index (κ3) is 5.42. The predicted molar refractivity (Wildman–Crippen MR) is 117 cm³/mol. The Morgan fingerprint density at radius 1 is 1.12 bits per heavy atom. The standard InChI is InChI=1S/C24H17ClF2N2O3/c1-31-22-12-15(10-17(13-28)24(30)29-21-9-5-4-8-20(21)27)11-18(25)23(22)32-14-16-6-2-3-7-19(16)26/h2-12H,14H2,1H3,(H,29,30)/b17-10-. The zero-order valence-corrected chi connectivity index (χ0v) is 17.6. The first-order chi connectivity index (χ1) is 15.4. The Kier molecular flexibility index (Phi) is 7.42. The Morgan fingerprint density at radius 2 is 1.81 bits per heavy atom. The first-order valence-electron chi connectivity index (χ1n) is 9.34. The number of para-hydroxylation sites is 1. The molecule has 162 valence electrons. The van der Waals surface area contributed by atoms with Crippen LogP contribution in [0.25, 0.3) is 6.08 Å². The lowest BCUT2D eigenvalue weighted by Crippen LogP contribution is -2.14. The van der Waals surface area contributed by atoms with Crippen LogP contribution in [0.3, 0.4) is 0 Å². The number of nitrogens with zero attached hydrogens (tertiary/aromatic N) is 1. The third-order valence-electron chi connectivity index (χ3n) is 4.38. The van der Waals surface area contributed by atoms with Crippen molar-refractivity contribution in [2.24, 2.45) is 0 Å². The molecule has 0 aliphatic heterocycles. The number of carbonyl (C=O) groups excluding carboxylic acids is 1. The molecule has 0 spiro atoms. The second-order valence-electron chi connectivity index (χ2n) is 6.52. The zero-order chi connectivity index (χ0) is 23.1. The van der Waals surface area contributed by atoms with Crippen LogP contribution in [-0.4, -0.2) is 13.0 Å². The van der Waals surface area contributed by atoms with Gasteiger partial charge < -0.3 is 14.8 Å². The minimum Gasteiger partial charge on any atom is -0.493 e. The third-order valence-corrected chi connectivity index (χ3v) is 4.66. The molecule has 0 fully saturated rings. The topological polar surface area (TPSA) is 71.3 Å². The van der Waals surface area contributed by atoms with E-state index in [1.54, 1.807) is 30.3 Å². The molecule has 1 amide bonds. The highest BCUT2D eigenvalue weighted by atomic mass is 35.5. The molecule has 0 unspecified atom stereocenters. The highest BCUT2D eigenvalue weighted by molar-refractivity contribution is 6.32. The van der Waals surface area contributed by atoms with Crippen molar-refractivity contribution >= 4 is 29.3 Å². The number of ether oxygens (including phenoxy) is 2. The maximum atomic E-state index is 13.8. The van der Waals surface area contributed by atoms with E-state index in [0.717, 1.165) is 0 Å². The summed E-state index contributed by atoms with van der Waals surface area (Å²) in [5.74, 6) is -1.41. The largest absolute Gasteiger partial charge is 0.493 e. The molecular formula is C24H17ClF2N2O3. The minimum absolute atomic E-state index is 0.0499. The smallest absolute Gasteiger partial charge is 0.266 e. The van der Waals surface area contributed by atoms with Crippen LogP contribution in [0.15, 0.2) is 66.2 Å². The summed E-state index contributed by atoms with van der Waals surface area (Å²) >= 11 is 6.32. The first kappa shape index (κ1) is 22.8. The fourth-order valence-corrected chi connectivity index (χ4v) is 3.07. The fraction of sp³-hybridized carbons (Fsp3) is 0.0833. The maximum Gasteiger partial charge on any atom is 0.266 e. The van der Waals surface area contributed by atoms with Crippen LogP contribution in [0.1, 0.15) is 11.1 Å². The number of methoxy groups -OCH3 is 1. The van der Waals surface area contributed by atoms with Crippen molar-refractivity contribution in [1.29, 1.82) is 5.26 Å². The number of anilines is 1. The number of halogens is 3. The van der Waals surface area contributed by atoms with Crippen LogP contribution in [0.4, 0.5) is 14.5 Å². The second-order valence-corrected chi connectivity index (χ2v) is 6.93. The summed E-state index contributed by atoms with van der Waals surface area (Å²) in [5, 5.41) is 11.9. The normalized spacial score (nSPS) is 10.9. The lowest BCUT2D eigenvalue weighted by Gasteiger charge is -2.14. The van der Waals surface area contributed by atoms with Gasteiger partial charge in [-0.25, -0.2) is 8.78 Å². The Labute approximate surface area is 188 Å². The van der Waals surface area contributed by atoms with Gasteiger partial charge in [-0.1, -0.05) is 41.9 Å². The van der Waals surface area contributed by atoms with E-state index in [1.807, 2.05) is 0 Å². The number of nitrogens with one attached hydrogen (secondary N) is 1. The average Bonchev–Trinajstić information content (AvgIpc) is 2.78. The number of benzene rings is 3. The van der Waals surface area contributed by atoms with Gasteiger partial charge in [0.2, 0.25) is 0 Å². The molecule has 3 aromatic carbocycles. The number of carbonyl (C=O) groups is 1. The molecule has 0 aliphatic carbocycles. The maximum absolute atomic E-state index is 13.8. The van der Waals surface area contributed by atoms with Gasteiger partial charge in [-0.2, -0.15) is 5.26 Å². The summed E-state index contributed by atoms with van der Waals surface area (Å²) in [6, 6.07) is 16.5. The van der Waals surface area contributed by atoms with Gasteiger partial charge in [0.1, 0.15) is 29.9 Å². The van der Waals surface area contributed by atoms with Crippen LogP contribution in [0.5, 0.6) is 11.5 Å². The van der Waals surface area contributed by atoms with Gasteiger partial charge in [-0.05, 0) is 42.0 Å². The van der Waals surface area contributed by atoms with Crippen molar-refractivity contribution in [2.45, 2.75) is 6.61 Å². The molecule has 1 N–H and O–H groups in total. The molecular weight excluding hydrogens is 438 g/mol. The van der Waals surface area contributed by atoms with Crippen molar-refractivity contribution in [3.8, 4) is 17.6 Å². The van der Waals surface area contributed by atoms with Gasteiger partial charge in [0, 0.05) is 5.56 Å². The Bertz CT molecular complexity index is 1220. The van der Waals surface area contributed by atoms with E-state index < -0.39 is 17.5 Å². The van der Waals surface area contributed by atoms with Gasteiger partial charge in [0.05, 0.1) is 17.8 Å². The molecule has 3 rings (SSSR count). The highest BCUT2D eigenvalue weighted by Crippen LogP contribution is 2.37. The second kappa shape index (κ2) is 10.4. The summed E-state index contributed by atoms with van der Waals surface area (Å²) in [6.45, 7) is -0.0770. The Balaban J connectivity index is 1.84. The molecule has 0 aromatic heterocycles. The van der Waals surface area contributed by atoms with E-state index in [2.05, 4.69) is 5.32 Å². The molecule has 0 saturated carbocycles. The van der Waals surface area contributed by atoms with Gasteiger partial charge in [-0.15, -0.1) is 0 Å². The molecule has 0 heterocycles. The molecule has 0 atom stereocenters. The predicted octanol–water partition coefficient (Wildman–Crippen LogP) is 5.75. The SMILES string of the molecule is COc1cc(/C=C(/C#N)C(=O)Nc2ccccc2F)cc(Cl)c1OCc1ccccc1F. The summed E-state index contributed by atoms with van der Waals surface area (Å²) in [7, 11) is 1.39. The van der Waals surface area contributed by atoms with E-state index >= 15 is 0 Å². The summed E-state index contributed by atoms with van der Waals surface area (Å²) in [6.07, 6.45) is 1.28. The summed E-state index contributed by atoms with van der Waals surface area (Å²) in [4.78, 5) is 12.4. The van der Waals surface area contributed by atoms with Crippen LogP contribution >= 0.6 is 11.6 Å². The quantitative estimate of drug-likeness (QED) is 0.364. The number of rotatable bonds is 7. The number of hydrogen-bond acceptors (Lipinski definition) is 4. The molecule has 0 bridgehead atoms. The van der Waals surface area contributed by atoms with Crippen molar-refractivity contribution in [2.75, 3.05) is 12.4 Å². The van der Waals surface area contributed by atoms with Crippen LogP contribution < -0.4 is 14.8 Å². The number of amides is 1. The monoisotopic (exact) mass is 454 g/mol. The average molecular weight is 455 g/mol. The van der Waals surface area contributed by atoms with Crippen molar-refractivity contribution < 1.29 is 23.0 Å². The summed E-state index contributed by atoms with van der Waals surface area (Å²) in [5.41, 5.74) is 0.397.